The molecule has 0 atom stereocenters. The highest BCUT2D eigenvalue weighted by atomic mass is 16.3. The number of para-hydroxylation sites is 1. The Morgan fingerprint density at radius 1 is 1.00 bits per heavy atom. The number of phenols is 1. The number of likely N-dealkylation sites (N-methyl/N-ethyl adjacent to an activating group) is 1. The van der Waals surface area contributed by atoms with Crippen LogP contribution in [0.25, 0.3) is 0 Å². The third-order valence-corrected chi connectivity index (χ3v) is 5.45. The average Bonchev–Trinajstić information content (AvgIpc) is 2.80. The van der Waals surface area contributed by atoms with Crippen LogP contribution in [-0.2, 0) is 19.4 Å². The summed E-state index contributed by atoms with van der Waals surface area (Å²) in [6.45, 7) is 2.02. The van der Waals surface area contributed by atoms with Crippen molar-refractivity contribution < 1.29 is 9.90 Å². The molecular formula is C21H24N2O2. The van der Waals surface area contributed by atoms with Gasteiger partial charge in [0.15, 0.2) is 0 Å². The van der Waals surface area contributed by atoms with E-state index in [1.807, 2.05) is 23.1 Å². The first-order valence-corrected chi connectivity index (χ1v) is 9.06. The number of aromatic hydroxyl groups is 1. The number of hydrogen-bond donors (Lipinski definition) is 1. The van der Waals surface area contributed by atoms with Gasteiger partial charge in [-0.15, -0.1) is 0 Å². The predicted octanol–water partition coefficient (Wildman–Crippen LogP) is 3.36. The van der Waals surface area contributed by atoms with E-state index in [2.05, 4.69) is 24.1 Å². The van der Waals surface area contributed by atoms with E-state index in [9.17, 15) is 9.90 Å². The van der Waals surface area contributed by atoms with Crippen molar-refractivity contribution in [3.05, 3.63) is 58.7 Å². The fourth-order valence-electron chi connectivity index (χ4n) is 3.98. The molecule has 1 heterocycles. The molecule has 4 heteroatoms. The molecule has 0 bridgehead atoms. The van der Waals surface area contributed by atoms with Crippen molar-refractivity contribution in [2.45, 2.75) is 32.2 Å². The fraction of sp³-hybridized carbons (Fsp3) is 0.381. The highest BCUT2D eigenvalue weighted by Crippen LogP contribution is 2.31. The topological polar surface area (TPSA) is 43.8 Å². The summed E-state index contributed by atoms with van der Waals surface area (Å²) in [5, 5.41) is 10.4. The monoisotopic (exact) mass is 336 g/mol. The average molecular weight is 336 g/mol. The fourth-order valence-corrected chi connectivity index (χ4v) is 3.98. The predicted molar refractivity (Wildman–Crippen MR) is 99.2 cm³/mol. The van der Waals surface area contributed by atoms with Crippen molar-refractivity contribution in [2.75, 3.05) is 25.0 Å². The van der Waals surface area contributed by atoms with Crippen LogP contribution in [0.3, 0.4) is 0 Å². The van der Waals surface area contributed by atoms with Gasteiger partial charge < -0.3 is 14.9 Å². The standard InChI is InChI=1S/C21H24N2O2/c1-22-10-11-23(14-17-8-4-5-9-19(17)22)21(25)18-12-15-6-2-3-7-16(15)13-20(18)24/h4-5,8-9,12-13,24H,2-3,6-7,10-11,14H2,1H3. The highest BCUT2D eigenvalue weighted by Gasteiger charge is 2.25. The van der Waals surface area contributed by atoms with Gasteiger partial charge in [-0.3, -0.25) is 4.79 Å². The molecule has 4 nitrogen and oxygen atoms in total. The number of benzene rings is 2. The number of phenolic OH excluding ortho intramolecular Hbond substituents is 1. The zero-order valence-corrected chi connectivity index (χ0v) is 14.7. The SMILES string of the molecule is CN1CCN(C(=O)c2cc3c(cc2O)CCCC3)Cc2ccccc21. The zero-order valence-electron chi connectivity index (χ0n) is 14.7. The minimum atomic E-state index is -0.0732. The molecule has 2 aliphatic rings. The van der Waals surface area contributed by atoms with E-state index in [0.717, 1.165) is 37.8 Å². The number of carbonyl (C=O) groups is 1. The van der Waals surface area contributed by atoms with Crippen LogP contribution in [0.5, 0.6) is 5.75 Å². The van der Waals surface area contributed by atoms with Gasteiger partial charge in [-0.1, -0.05) is 18.2 Å². The van der Waals surface area contributed by atoms with Gasteiger partial charge in [0.2, 0.25) is 0 Å². The van der Waals surface area contributed by atoms with E-state index in [1.54, 1.807) is 6.07 Å². The van der Waals surface area contributed by atoms with E-state index in [1.165, 1.54) is 16.8 Å². The number of aryl methyl sites for hydroxylation is 2. The zero-order chi connectivity index (χ0) is 17.4. The minimum absolute atomic E-state index is 0.0732. The van der Waals surface area contributed by atoms with Gasteiger partial charge in [0.05, 0.1) is 5.56 Å². The quantitative estimate of drug-likeness (QED) is 0.868. The minimum Gasteiger partial charge on any atom is -0.507 e. The molecule has 25 heavy (non-hydrogen) atoms. The summed E-state index contributed by atoms with van der Waals surface area (Å²) in [4.78, 5) is 17.2. The van der Waals surface area contributed by atoms with Crippen molar-refractivity contribution in [3.63, 3.8) is 0 Å². The smallest absolute Gasteiger partial charge is 0.257 e. The Balaban J connectivity index is 1.65. The summed E-state index contributed by atoms with van der Waals surface area (Å²) in [5.74, 6) is 0.0486. The normalized spacial score (nSPS) is 16.8. The van der Waals surface area contributed by atoms with Gasteiger partial charge in [0.25, 0.3) is 5.91 Å². The Hall–Kier alpha value is -2.49. The lowest BCUT2D eigenvalue weighted by Gasteiger charge is -2.23. The van der Waals surface area contributed by atoms with Gasteiger partial charge in [-0.05, 0) is 60.6 Å². The molecule has 2 aromatic carbocycles. The molecule has 4 rings (SSSR count). The van der Waals surface area contributed by atoms with Crippen LogP contribution in [0.15, 0.2) is 36.4 Å². The first-order valence-electron chi connectivity index (χ1n) is 9.06. The molecule has 0 fully saturated rings. The van der Waals surface area contributed by atoms with Crippen molar-refractivity contribution in [2.24, 2.45) is 0 Å². The van der Waals surface area contributed by atoms with Crippen LogP contribution in [0.1, 0.15) is 39.9 Å². The molecule has 130 valence electrons. The number of carbonyl (C=O) groups excluding carboxylic acids is 1. The van der Waals surface area contributed by atoms with E-state index < -0.39 is 0 Å². The lowest BCUT2D eigenvalue weighted by Crippen LogP contribution is -2.34. The molecule has 1 aliphatic heterocycles. The van der Waals surface area contributed by atoms with E-state index in [-0.39, 0.29) is 11.7 Å². The Kier molecular flexibility index (Phi) is 4.12. The van der Waals surface area contributed by atoms with Gasteiger partial charge in [-0.2, -0.15) is 0 Å². The molecule has 0 aromatic heterocycles. The third-order valence-electron chi connectivity index (χ3n) is 5.45. The number of nitrogens with zero attached hydrogens (tertiary/aromatic N) is 2. The second kappa shape index (κ2) is 6.43. The highest BCUT2D eigenvalue weighted by molar-refractivity contribution is 5.97. The number of anilines is 1. The molecule has 2 aromatic rings. The molecule has 1 amide bonds. The van der Waals surface area contributed by atoms with E-state index in [4.69, 9.17) is 0 Å². The number of hydrogen-bond acceptors (Lipinski definition) is 3. The van der Waals surface area contributed by atoms with Crippen LogP contribution in [0, 0.1) is 0 Å². The molecule has 1 aliphatic carbocycles. The summed E-state index contributed by atoms with van der Waals surface area (Å²) < 4.78 is 0. The second-order valence-corrected chi connectivity index (χ2v) is 7.12. The number of amides is 1. The van der Waals surface area contributed by atoms with E-state index in [0.29, 0.717) is 18.7 Å². The number of fused-ring (bicyclic) bond motifs is 2. The molecular weight excluding hydrogens is 312 g/mol. The van der Waals surface area contributed by atoms with Gasteiger partial charge in [-0.25, -0.2) is 0 Å². The van der Waals surface area contributed by atoms with Crippen molar-refractivity contribution in [1.29, 1.82) is 0 Å². The van der Waals surface area contributed by atoms with Crippen molar-refractivity contribution >= 4 is 11.6 Å². The first-order chi connectivity index (χ1) is 12.1. The molecule has 1 N–H and O–H groups in total. The summed E-state index contributed by atoms with van der Waals surface area (Å²) >= 11 is 0. The first kappa shape index (κ1) is 16.0. The molecule has 0 saturated carbocycles. The van der Waals surface area contributed by atoms with E-state index >= 15 is 0 Å². The molecule has 0 unspecified atom stereocenters. The second-order valence-electron chi connectivity index (χ2n) is 7.12. The summed E-state index contributed by atoms with van der Waals surface area (Å²) in [7, 11) is 2.06. The Morgan fingerprint density at radius 3 is 2.52 bits per heavy atom. The third kappa shape index (κ3) is 2.97. The van der Waals surface area contributed by atoms with Gasteiger partial charge in [0, 0.05) is 32.4 Å². The Bertz CT molecular complexity index is 816. The summed E-state index contributed by atoms with van der Waals surface area (Å²) in [5.41, 5.74) is 5.18. The van der Waals surface area contributed by atoms with Crippen LogP contribution in [0.2, 0.25) is 0 Å². The van der Waals surface area contributed by atoms with Gasteiger partial charge >= 0.3 is 0 Å². The molecule has 0 radical (unpaired) electrons. The summed E-state index contributed by atoms with van der Waals surface area (Å²) in [6.07, 6.45) is 4.32. The lowest BCUT2D eigenvalue weighted by molar-refractivity contribution is 0.0748. The van der Waals surface area contributed by atoms with Crippen molar-refractivity contribution in [1.82, 2.24) is 4.90 Å². The maximum Gasteiger partial charge on any atom is 0.257 e. The maximum atomic E-state index is 13.1. The Morgan fingerprint density at radius 2 is 1.72 bits per heavy atom. The van der Waals surface area contributed by atoms with Gasteiger partial charge in [0.1, 0.15) is 5.75 Å². The van der Waals surface area contributed by atoms with Crippen molar-refractivity contribution in [3.8, 4) is 5.75 Å². The van der Waals surface area contributed by atoms with Crippen LogP contribution >= 0.6 is 0 Å². The summed E-state index contributed by atoms with van der Waals surface area (Å²) in [6, 6.07) is 11.9. The largest absolute Gasteiger partial charge is 0.507 e. The number of rotatable bonds is 1. The lowest BCUT2D eigenvalue weighted by atomic mass is 9.89. The van der Waals surface area contributed by atoms with Crippen LogP contribution in [-0.4, -0.2) is 36.1 Å². The molecule has 0 spiro atoms. The molecule has 0 saturated heterocycles. The Labute approximate surface area is 148 Å². The maximum absolute atomic E-state index is 13.1. The van der Waals surface area contributed by atoms with Crippen LogP contribution < -0.4 is 4.90 Å². The van der Waals surface area contributed by atoms with Crippen LogP contribution in [0.4, 0.5) is 5.69 Å².